The van der Waals surface area contributed by atoms with Gasteiger partial charge in [-0.05, 0) is 36.6 Å². The summed E-state index contributed by atoms with van der Waals surface area (Å²) in [6, 6.07) is 6.81. The number of pyridine rings is 2. The molecule has 0 bridgehead atoms. The molecule has 25 heavy (non-hydrogen) atoms. The fourth-order valence-electron chi connectivity index (χ4n) is 2.68. The number of aromatic nitrogens is 4. The summed E-state index contributed by atoms with van der Waals surface area (Å²) >= 11 is 5.81. The molecule has 2 aliphatic heterocycles. The number of hydrogen-bond donors (Lipinski definition) is 0. The van der Waals surface area contributed by atoms with Gasteiger partial charge in [-0.3, -0.25) is 9.36 Å². The van der Waals surface area contributed by atoms with Crippen molar-refractivity contribution in [3.8, 4) is 11.4 Å². The van der Waals surface area contributed by atoms with E-state index < -0.39 is 5.69 Å². The fraction of sp³-hybridized carbons (Fsp3) is 0.333. The van der Waals surface area contributed by atoms with Crippen LogP contribution >= 0.6 is 11.6 Å². The zero-order chi connectivity index (χ0) is 18.1. The van der Waals surface area contributed by atoms with Crippen molar-refractivity contribution in [3.05, 3.63) is 68.2 Å². The molecule has 1 unspecified atom stereocenters. The lowest BCUT2D eigenvalue weighted by Gasteiger charge is -2.20. The number of rotatable bonds is 4. The van der Waals surface area contributed by atoms with E-state index in [1.807, 2.05) is 26.8 Å². The van der Waals surface area contributed by atoms with E-state index >= 15 is 0 Å². The highest BCUT2D eigenvalue weighted by molar-refractivity contribution is 6.29. The summed E-state index contributed by atoms with van der Waals surface area (Å²) in [5.74, 6) is 0.528. The van der Waals surface area contributed by atoms with Crippen LogP contribution in [-0.2, 0) is 6.54 Å². The van der Waals surface area contributed by atoms with E-state index in [4.69, 9.17) is 11.6 Å². The van der Waals surface area contributed by atoms with Gasteiger partial charge in [-0.1, -0.05) is 31.5 Å². The van der Waals surface area contributed by atoms with Gasteiger partial charge in [0, 0.05) is 18.4 Å². The van der Waals surface area contributed by atoms with Crippen LogP contribution in [0, 0.1) is 5.92 Å². The topological polar surface area (TPSA) is 69.8 Å². The van der Waals surface area contributed by atoms with Crippen molar-refractivity contribution in [3.63, 3.8) is 0 Å². The molecule has 1 aromatic rings. The molecule has 2 aliphatic rings. The Kier molecular flexibility index (Phi) is 4.72. The van der Waals surface area contributed by atoms with E-state index in [9.17, 15) is 9.59 Å². The third-order valence-electron chi connectivity index (χ3n) is 4.41. The molecule has 0 aliphatic carbocycles. The minimum absolute atomic E-state index is 0.153. The molecule has 3 rings (SSSR count). The van der Waals surface area contributed by atoms with E-state index in [0.717, 1.165) is 5.56 Å². The second-order valence-electron chi connectivity index (χ2n) is 6.42. The van der Waals surface area contributed by atoms with Crippen molar-refractivity contribution in [2.24, 2.45) is 5.92 Å². The lowest BCUT2D eigenvalue weighted by molar-refractivity contribution is 0.384. The lowest BCUT2D eigenvalue weighted by Crippen LogP contribution is -2.41. The van der Waals surface area contributed by atoms with Crippen molar-refractivity contribution in [1.29, 1.82) is 0 Å². The highest BCUT2D eigenvalue weighted by atomic mass is 35.5. The standard InChI is InChI=1S/C18H19ClN4O2/c1-11(2)12(3)23-17(24)14-5-4-8-22(16(14)21-18(23)25)10-13-6-7-15(19)20-9-13/h4-9,11-12H,10H2,1-3H3. The second-order valence-corrected chi connectivity index (χ2v) is 6.80. The first-order chi connectivity index (χ1) is 11.9. The monoisotopic (exact) mass is 358 g/mol. The van der Waals surface area contributed by atoms with Gasteiger partial charge < -0.3 is 4.57 Å². The number of hydrogen-bond acceptors (Lipinski definition) is 4. The predicted molar refractivity (Wildman–Crippen MR) is 97.3 cm³/mol. The highest BCUT2D eigenvalue weighted by Gasteiger charge is 2.21. The predicted octanol–water partition coefficient (Wildman–Crippen LogP) is 2.82. The molecule has 0 radical (unpaired) electrons. The minimum Gasteiger partial charge on any atom is -0.328 e. The van der Waals surface area contributed by atoms with E-state index in [-0.39, 0.29) is 17.5 Å². The third-order valence-corrected chi connectivity index (χ3v) is 4.64. The Morgan fingerprint density at radius 3 is 2.56 bits per heavy atom. The average Bonchev–Trinajstić information content (AvgIpc) is 2.57. The molecule has 1 atom stereocenters. The van der Waals surface area contributed by atoms with Crippen LogP contribution in [0.25, 0.3) is 11.4 Å². The largest absolute Gasteiger partial charge is 0.352 e. The maximum Gasteiger partial charge on any atom is 0.352 e. The molecule has 0 amide bonds. The molecule has 0 N–H and O–H groups in total. The smallest absolute Gasteiger partial charge is 0.328 e. The van der Waals surface area contributed by atoms with Gasteiger partial charge in [-0.2, -0.15) is 4.98 Å². The Hall–Kier alpha value is -2.47. The van der Waals surface area contributed by atoms with Gasteiger partial charge in [-0.15, -0.1) is 0 Å². The van der Waals surface area contributed by atoms with Crippen molar-refractivity contribution >= 4 is 11.6 Å². The van der Waals surface area contributed by atoms with Gasteiger partial charge in [0.2, 0.25) is 0 Å². The second kappa shape index (κ2) is 6.80. The van der Waals surface area contributed by atoms with Crippen molar-refractivity contribution in [2.75, 3.05) is 0 Å². The fourth-order valence-corrected chi connectivity index (χ4v) is 2.79. The van der Waals surface area contributed by atoms with Gasteiger partial charge in [0.05, 0.1) is 12.1 Å². The zero-order valence-corrected chi connectivity index (χ0v) is 15.1. The van der Waals surface area contributed by atoms with Gasteiger partial charge >= 0.3 is 5.69 Å². The molecule has 0 fully saturated rings. The zero-order valence-electron chi connectivity index (χ0n) is 14.3. The van der Waals surface area contributed by atoms with Crippen molar-refractivity contribution in [2.45, 2.75) is 33.4 Å². The summed E-state index contributed by atoms with van der Waals surface area (Å²) in [6.07, 6.45) is 3.45. The van der Waals surface area contributed by atoms with E-state index in [1.54, 1.807) is 35.2 Å². The van der Waals surface area contributed by atoms with Crippen LogP contribution < -0.4 is 11.2 Å². The third kappa shape index (κ3) is 3.35. The number of nitrogens with zero attached hydrogens (tertiary/aromatic N) is 4. The normalized spacial score (nSPS) is 12.7. The molecule has 0 aromatic carbocycles. The summed E-state index contributed by atoms with van der Waals surface area (Å²) in [4.78, 5) is 33.5. The Balaban J connectivity index is 2.12. The molecular weight excluding hydrogens is 340 g/mol. The first kappa shape index (κ1) is 17.4. The van der Waals surface area contributed by atoms with Crippen LogP contribution in [0.2, 0.25) is 5.15 Å². The molecular formula is C18H19ClN4O2. The maximum atomic E-state index is 12.8. The first-order valence-corrected chi connectivity index (χ1v) is 8.48. The molecule has 7 heteroatoms. The Morgan fingerprint density at radius 2 is 1.92 bits per heavy atom. The molecule has 130 valence electrons. The molecule has 0 saturated heterocycles. The van der Waals surface area contributed by atoms with Gasteiger partial charge in [0.15, 0.2) is 5.82 Å². The first-order valence-electron chi connectivity index (χ1n) is 8.10. The van der Waals surface area contributed by atoms with E-state index in [2.05, 4.69) is 9.97 Å². The maximum absolute atomic E-state index is 12.8. The van der Waals surface area contributed by atoms with E-state index in [1.165, 1.54) is 4.57 Å². The molecule has 0 saturated carbocycles. The van der Waals surface area contributed by atoms with Crippen molar-refractivity contribution in [1.82, 2.24) is 19.1 Å². The molecule has 3 heterocycles. The SMILES string of the molecule is CC(C)C(C)n1c(=O)nc2n(Cc3ccc(Cl)nc3)cccc-2c1=O. The van der Waals surface area contributed by atoms with Crippen molar-refractivity contribution < 1.29 is 0 Å². The minimum atomic E-state index is -0.520. The molecule has 0 spiro atoms. The van der Waals surface area contributed by atoms with Crippen LogP contribution in [0.4, 0.5) is 0 Å². The van der Waals surface area contributed by atoms with Crippen LogP contribution in [0.5, 0.6) is 0 Å². The number of fused-ring (bicyclic) bond motifs is 1. The van der Waals surface area contributed by atoms with E-state index in [0.29, 0.717) is 23.1 Å². The summed E-state index contributed by atoms with van der Waals surface area (Å²) < 4.78 is 3.01. The van der Waals surface area contributed by atoms with Gasteiger partial charge in [0.25, 0.3) is 5.56 Å². The van der Waals surface area contributed by atoms with Crippen LogP contribution in [0.3, 0.4) is 0 Å². The Labute approximate surface area is 150 Å². The summed E-state index contributed by atoms with van der Waals surface area (Å²) in [5, 5.41) is 0.414. The highest BCUT2D eigenvalue weighted by Crippen LogP contribution is 2.18. The average molecular weight is 359 g/mol. The Bertz CT molecular complexity index is 976. The quantitative estimate of drug-likeness (QED) is 0.672. The lowest BCUT2D eigenvalue weighted by atomic mass is 10.1. The summed E-state index contributed by atoms with van der Waals surface area (Å²) in [7, 11) is 0. The van der Waals surface area contributed by atoms with Crippen LogP contribution in [-0.4, -0.2) is 19.1 Å². The molecule has 6 nitrogen and oxygen atoms in total. The van der Waals surface area contributed by atoms with Gasteiger partial charge in [-0.25, -0.2) is 9.78 Å². The van der Waals surface area contributed by atoms with Crippen LogP contribution in [0.1, 0.15) is 32.4 Å². The molecule has 1 aromatic heterocycles. The Morgan fingerprint density at radius 1 is 1.16 bits per heavy atom. The number of halogens is 1. The van der Waals surface area contributed by atoms with Gasteiger partial charge in [0.1, 0.15) is 5.15 Å². The van der Waals surface area contributed by atoms with Crippen LogP contribution in [0.15, 0.2) is 46.2 Å². The summed E-state index contributed by atoms with van der Waals surface area (Å²) in [6.45, 7) is 6.24. The summed E-state index contributed by atoms with van der Waals surface area (Å²) in [5.41, 5.74) is 0.500.